The lowest BCUT2D eigenvalue weighted by atomic mass is 9.56. The highest BCUT2D eigenvalue weighted by Gasteiger charge is 2.46. The molecule has 82 valence electrons. The molecule has 2 aliphatic carbocycles. The van der Waals surface area contributed by atoms with E-state index < -0.39 is 9.05 Å². The summed E-state index contributed by atoms with van der Waals surface area (Å²) in [6, 6.07) is 0. The predicted octanol–water partition coefficient (Wildman–Crippen LogP) is 2.92. The van der Waals surface area contributed by atoms with Gasteiger partial charge in [0.1, 0.15) is 0 Å². The van der Waals surface area contributed by atoms with E-state index in [1.165, 1.54) is 38.5 Å². The van der Waals surface area contributed by atoms with Crippen molar-refractivity contribution in [3.63, 3.8) is 0 Å². The predicted molar refractivity (Wildman–Crippen MR) is 57.9 cm³/mol. The second-order valence-corrected chi connectivity index (χ2v) is 7.69. The summed E-state index contributed by atoms with van der Waals surface area (Å²) in [4.78, 5) is 0. The van der Waals surface area contributed by atoms with Gasteiger partial charge in [-0.2, -0.15) is 0 Å². The van der Waals surface area contributed by atoms with E-state index >= 15 is 0 Å². The standard InChI is InChI=1S/C10H17ClO2S/c11-14(12,13)8-9-4-1-2-5-10(9)6-3-7-10/h9H,1-8H2. The first-order valence-corrected chi connectivity index (χ1v) is 7.92. The van der Waals surface area contributed by atoms with Crippen molar-refractivity contribution in [2.75, 3.05) is 5.75 Å². The van der Waals surface area contributed by atoms with Crippen molar-refractivity contribution in [1.29, 1.82) is 0 Å². The Labute approximate surface area is 90.4 Å². The second kappa shape index (κ2) is 3.67. The lowest BCUT2D eigenvalue weighted by Gasteiger charge is -2.50. The fourth-order valence-electron chi connectivity index (χ4n) is 3.17. The molecule has 0 heterocycles. The van der Waals surface area contributed by atoms with Crippen molar-refractivity contribution >= 4 is 19.7 Å². The second-order valence-electron chi connectivity index (χ2n) is 4.86. The highest BCUT2D eigenvalue weighted by atomic mass is 35.7. The first kappa shape index (κ1) is 10.7. The van der Waals surface area contributed by atoms with Crippen molar-refractivity contribution in [2.24, 2.45) is 11.3 Å². The van der Waals surface area contributed by atoms with Crippen LogP contribution in [0.1, 0.15) is 44.9 Å². The SMILES string of the molecule is O=S(=O)(Cl)CC1CCCCC12CCC2. The van der Waals surface area contributed by atoms with Gasteiger partial charge in [-0.05, 0) is 37.0 Å². The van der Waals surface area contributed by atoms with Gasteiger partial charge in [0.25, 0.3) is 0 Å². The van der Waals surface area contributed by atoms with Crippen LogP contribution in [0.25, 0.3) is 0 Å². The molecule has 1 spiro atoms. The number of hydrogen-bond donors (Lipinski definition) is 0. The maximum atomic E-state index is 11.1. The van der Waals surface area contributed by atoms with Crippen molar-refractivity contribution in [3.8, 4) is 0 Å². The highest BCUT2D eigenvalue weighted by molar-refractivity contribution is 8.13. The molecule has 2 aliphatic rings. The van der Waals surface area contributed by atoms with Crippen LogP contribution < -0.4 is 0 Å². The van der Waals surface area contributed by atoms with Gasteiger partial charge in [-0.15, -0.1) is 0 Å². The normalized spacial score (nSPS) is 31.4. The van der Waals surface area contributed by atoms with Gasteiger partial charge in [-0.1, -0.05) is 19.3 Å². The van der Waals surface area contributed by atoms with Crippen LogP contribution >= 0.6 is 10.7 Å². The minimum absolute atomic E-state index is 0.203. The molecule has 2 rings (SSSR count). The van der Waals surface area contributed by atoms with Gasteiger partial charge < -0.3 is 0 Å². The first-order chi connectivity index (χ1) is 6.52. The molecule has 1 unspecified atom stereocenters. The third-order valence-electron chi connectivity index (χ3n) is 4.09. The van der Waals surface area contributed by atoms with Crippen molar-refractivity contribution in [3.05, 3.63) is 0 Å². The molecule has 0 bridgehead atoms. The Morgan fingerprint density at radius 1 is 1.14 bits per heavy atom. The average molecular weight is 237 g/mol. The maximum Gasteiger partial charge on any atom is 0.232 e. The molecule has 0 aromatic carbocycles. The van der Waals surface area contributed by atoms with E-state index in [-0.39, 0.29) is 5.75 Å². The third-order valence-corrected chi connectivity index (χ3v) is 5.27. The summed E-state index contributed by atoms with van der Waals surface area (Å²) in [5, 5.41) is 0. The van der Waals surface area contributed by atoms with Crippen LogP contribution in [0.5, 0.6) is 0 Å². The van der Waals surface area contributed by atoms with E-state index in [1.807, 2.05) is 0 Å². The average Bonchev–Trinajstić information content (AvgIpc) is 1.99. The maximum absolute atomic E-state index is 11.1. The van der Waals surface area contributed by atoms with Crippen molar-refractivity contribution < 1.29 is 8.42 Å². The van der Waals surface area contributed by atoms with Gasteiger partial charge in [0.2, 0.25) is 9.05 Å². The topological polar surface area (TPSA) is 34.1 Å². The summed E-state index contributed by atoms with van der Waals surface area (Å²) in [5.74, 6) is 0.543. The van der Waals surface area contributed by atoms with Gasteiger partial charge in [-0.25, -0.2) is 8.42 Å². The lowest BCUT2D eigenvalue weighted by Crippen LogP contribution is -2.42. The van der Waals surface area contributed by atoms with Gasteiger partial charge in [0, 0.05) is 10.7 Å². The first-order valence-electron chi connectivity index (χ1n) is 5.44. The molecule has 2 saturated carbocycles. The monoisotopic (exact) mass is 236 g/mol. The Morgan fingerprint density at radius 2 is 1.79 bits per heavy atom. The van der Waals surface area contributed by atoms with Crippen LogP contribution in [0.3, 0.4) is 0 Å². The zero-order valence-corrected chi connectivity index (χ0v) is 9.91. The minimum Gasteiger partial charge on any atom is -0.212 e. The Morgan fingerprint density at radius 3 is 2.29 bits per heavy atom. The molecule has 0 radical (unpaired) electrons. The fraction of sp³-hybridized carbons (Fsp3) is 1.00. The molecular formula is C10H17ClO2S. The number of halogens is 1. The summed E-state index contributed by atoms with van der Waals surface area (Å²) >= 11 is 0. The molecule has 1 atom stereocenters. The van der Waals surface area contributed by atoms with Crippen LogP contribution in [0.15, 0.2) is 0 Å². The molecule has 0 saturated heterocycles. The minimum atomic E-state index is -3.30. The molecule has 0 amide bonds. The smallest absolute Gasteiger partial charge is 0.212 e. The van der Waals surface area contributed by atoms with Crippen LogP contribution in [0.4, 0.5) is 0 Å². The summed E-state index contributed by atoms with van der Waals surface area (Å²) in [6.45, 7) is 0. The van der Waals surface area contributed by atoms with E-state index in [0.717, 1.165) is 6.42 Å². The molecule has 0 N–H and O–H groups in total. The summed E-state index contributed by atoms with van der Waals surface area (Å²) in [7, 11) is 2.05. The van der Waals surface area contributed by atoms with E-state index in [1.54, 1.807) is 0 Å². The quantitative estimate of drug-likeness (QED) is 0.691. The van der Waals surface area contributed by atoms with Crippen molar-refractivity contribution in [1.82, 2.24) is 0 Å². The number of rotatable bonds is 2. The molecule has 14 heavy (non-hydrogen) atoms. The fourth-order valence-corrected chi connectivity index (χ4v) is 4.62. The van der Waals surface area contributed by atoms with Gasteiger partial charge >= 0.3 is 0 Å². The van der Waals surface area contributed by atoms with Gasteiger partial charge in [0.05, 0.1) is 5.75 Å². The summed E-state index contributed by atoms with van der Waals surface area (Å²) in [6.07, 6.45) is 8.47. The molecule has 0 aliphatic heterocycles. The Balaban J connectivity index is 2.07. The zero-order valence-electron chi connectivity index (χ0n) is 8.34. The van der Waals surface area contributed by atoms with Crippen LogP contribution in [-0.2, 0) is 9.05 Å². The molecule has 4 heteroatoms. The van der Waals surface area contributed by atoms with Crippen molar-refractivity contribution in [2.45, 2.75) is 44.9 Å². The molecule has 2 fully saturated rings. The van der Waals surface area contributed by atoms with Crippen LogP contribution in [-0.4, -0.2) is 14.2 Å². The summed E-state index contributed by atoms with van der Waals surface area (Å²) < 4.78 is 22.2. The van der Waals surface area contributed by atoms with Crippen LogP contribution in [0, 0.1) is 11.3 Å². The van der Waals surface area contributed by atoms with E-state index in [9.17, 15) is 8.42 Å². The van der Waals surface area contributed by atoms with Crippen LogP contribution in [0.2, 0.25) is 0 Å². The lowest BCUT2D eigenvalue weighted by molar-refractivity contribution is 0.0190. The number of hydrogen-bond acceptors (Lipinski definition) is 2. The molecule has 0 aromatic heterocycles. The highest BCUT2D eigenvalue weighted by Crippen LogP contribution is 2.55. The zero-order chi connectivity index (χ0) is 10.2. The van der Waals surface area contributed by atoms with Gasteiger partial charge in [0.15, 0.2) is 0 Å². The Kier molecular flexibility index (Phi) is 2.82. The summed E-state index contributed by atoms with van der Waals surface area (Å²) in [5.41, 5.74) is 0.361. The van der Waals surface area contributed by atoms with E-state index in [0.29, 0.717) is 11.3 Å². The molecule has 2 nitrogen and oxygen atoms in total. The molecular weight excluding hydrogens is 220 g/mol. The third kappa shape index (κ3) is 2.08. The molecule has 0 aromatic rings. The Hall–Kier alpha value is 0.240. The largest absolute Gasteiger partial charge is 0.232 e. The van der Waals surface area contributed by atoms with E-state index in [4.69, 9.17) is 10.7 Å². The Bertz CT molecular complexity index is 306. The van der Waals surface area contributed by atoms with Gasteiger partial charge in [-0.3, -0.25) is 0 Å². The van der Waals surface area contributed by atoms with E-state index in [2.05, 4.69) is 0 Å².